The maximum Gasteiger partial charge on any atom is 0.490 e. The Labute approximate surface area is 202 Å². The number of hydrogen-bond donors (Lipinski definition) is 4. The molecule has 0 spiro atoms. The molecule has 4 N–H and O–H groups in total. The molecule has 0 aromatic carbocycles. The standard InChI is InChI=1S/C15H24N5O13P3/c1-9(2)4-5-19-14(21)10(3)7-20(15(19)22)13-6-11(17-18-16)12(31-13)8-30-35(26,27)33-36(28,29)32-34(23,24)25/h4,7,11-13H,5-6,8H2,1-3H3,(H,26,27)(H,28,29)(H2,23,24,25)/t11-,12+,13+/m0/s1. The van der Waals surface area contributed by atoms with Gasteiger partial charge in [0, 0.05) is 29.6 Å². The van der Waals surface area contributed by atoms with Crippen LogP contribution in [0.4, 0.5) is 0 Å². The monoisotopic (exact) mass is 575 g/mol. The fourth-order valence-corrected chi connectivity index (χ4v) is 6.12. The van der Waals surface area contributed by atoms with Crippen LogP contribution in [0.25, 0.3) is 10.4 Å². The van der Waals surface area contributed by atoms with Gasteiger partial charge in [-0.1, -0.05) is 16.8 Å². The third kappa shape index (κ3) is 8.60. The number of allylic oxidation sites excluding steroid dienone is 2. The zero-order valence-electron chi connectivity index (χ0n) is 19.0. The Hall–Kier alpha value is -1.90. The van der Waals surface area contributed by atoms with Crippen molar-refractivity contribution in [3.05, 3.63) is 54.7 Å². The van der Waals surface area contributed by atoms with Gasteiger partial charge in [-0.3, -0.25) is 18.5 Å². The number of hydrogen-bond acceptors (Lipinski definition) is 10. The molecule has 18 nitrogen and oxygen atoms in total. The Kier molecular flexibility index (Phi) is 9.82. The highest BCUT2D eigenvalue weighted by Crippen LogP contribution is 2.66. The topological polar surface area (TPSA) is 262 Å². The lowest BCUT2D eigenvalue weighted by atomic mass is 10.1. The van der Waals surface area contributed by atoms with Crippen LogP contribution in [-0.2, 0) is 38.1 Å². The van der Waals surface area contributed by atoms with E-state index in [1.54, 1.807) is 19.9 Å². The fourth-order valence-electron chi connectivity index (χ4n) is 3.09. The predicted octanol–water partition coefficient (Wildman–Crippen LogP) is 1.59. The molecule has 1 aliphatic rings. The second-order valence-corrected chi connectivity index (χ2v) is 12.1. The smallest absolute Gasteiger partial charge is 0.352 e. The molecule has 2 rings (SSSR count). The van der Waals surface area contributed by atoms with E-state index in [9.17, 15) is 33.1 Å². The number of aromatic nitrogens is 2. The molecule has 0 saturated carbocycles. The van der Waals surface area contributed by atoms with Crippen molar-refractivity contribution in [2.75, 3.05) is 6.61 Å². The first-order valence-electron chi connectivity index (χ1n) is 9.88. The van der Waals surface area contributed by atoms with Gasteiger partial charge in [0.25, 0.3) is 5.56 Å². The largest absolute Gasteiger partial charge is 0.490 e. The summed E-state index contributed by atoms with van der Waals surface area (Å²) < 4.78 is 53.6. The number of ether oxygens (including phenoxy) is 1. The predicted molar refractivity (Wildman–Crippen MR) is 120 cm³/mol. The van der Waals surface area contributed by atoms with Gasteiger partial charge in [-0.15, -0.1) is 0 Å². The van der Waals surface area contributed by atoms with Gasteiger partial charge < -0.3 is 24.3 Å². The fraction of sp³-hybridized carbons (Fsp3) is 0.600. The van der Waals surface area contributed by atoms with Crippen molar-refractivity contribution in [1.82, 2.24) is 9.13 Å². The average Bonchev–Trinajstić information content (AvgIpc) is 3.09. The Morgan fingerprint density at radius 3 is 2.42 bits per heavy atom. The molecule has 0 radical (unpaired) electrons. The van der Waals surface area contributed by atoms with E-state index >= 15 is 0 Å². The summed E-state index contributed by atoms with van der Waals surface area (Å²) in [5.41, 5.74) is 8.65. The van der Waals surface area contributed by atoms with Gasteiger partial charge in [0.2, 0.25) is 0 Å². The summed E-state index contributed by atoms with van der Waals surface area (Å²) in [6.45, 7) is 4.15. The summed E-state index contributed by atoms with van der Waals surface area (Å²) in [7, 11) is -16.8. The molecule has 2 heterocycles. The van der Waals surface area contributed by atoms with E-state index in [0.717, 1.165) is 14.7 Å². The Balaban J connectivity index is 2.26. The van der Waals surface area contributed by atoms with E-state index in [0.29, 0.717) is 0 Å². The lowest BCUT2D eigenvalue weighted by Gasteiger charge is -2.20. The van der Waals surface area contributed by atoms with Crippen molar-refractivity contribution in [3.63, 3.8) is 0 Å². The third-order valence-electron chi connectivity index (χ3n) is 4.58. The summed E-state index contributed by atoms with van der Waals surface area (Å²) >= 11 is 0. The van der Waals surface area contributed by atoms with Crippen LogP contribution in [0.15, 0.2) is 32.5 Å². The molecule has 202 valence electrons. The van der Waals surface area contributed by atoms with E-state index in [4.69, 9.17) is 20.1 Å². The van der Waals surface area contributed by atoms with E-state index in [1.807, 2.05) is 0 Å². The molecule has 0 aliphatic carbocycles. The van der Waals surface area contributed by atoms with Crippen molar-refractivity contribution < 1.29 is 51.2 Å². The van der Waals surface area contributed by atoms with Gasteiger partial charge in [-0.25, -0.2) is 18.5 Å². The number of aryl methyl sites for hydroxylation is 1. The van der Waals surface area contributed by atoms with Gasteiger partial charge in [0.1, 0.15) is 6.23 Å². The van der Waals surface area contributed by atoms with E-state index in [-0.39, 0.29) is 18.5 Å². The van der Waals surface area contributed by atoms with Crippen LogP contribution in [0.1, 0.15) is 32.1 Å². The molecule has 1 aliphatic heterocycles. The molecule has 1 fully saturated rings. The molecule has 1 saturated heterocycles. The maximum absolute atomic E-state index is 12.9. The van der Waals surface area contributed by atoms with Crippen molar-refractivity contribution in [2.45, 2.75) is 52.1 Å². The van der Waals surface area contributed by atoms with Gasteiger partial charge in [-0.05, 0) is 26.3 Å². The summed E-state index contributed by atoms with van der Waals surface area (Å²) in [5, 5.41) is 3.49. The molecule has 1 aromatic heterocycles. The first-order valence-corrected chi connectivity index (χ1v) is 14.4. The Bertz CT molecular complexity index is 1320. The summed E-state index contributed by atoms with van der Waals surface area (Å²) in [6, 6.07) is -1.06. The van der Waals surface area contributed by atoms with Crippen LogP contribution >= 0.6 is 23.5 Å². The highest BCUT2D eigenvalue weighted by atomic mass is 31.3. The van der Waals surface area contributed by atoms with Crippen molar-refractivity contribution in [3.8, 4) is 0 Å². The van der Waals surface area contributed by atoms with Crippen LogP contribution in [0.3, 0.4) is 0 Å². The molecule has 21 heteroatoms. The van der Waals surface area contributed by atoms with Gasteiger partial charge >= 0.3 is 29.2 Å². The highest BCUT2D eigenvalue weighted by molar-refractivity contribution is 7.66. The van der Waals surface area contributed by atoms with Crippen LogP contribution in [0.5, 0.6) is 0 Å². The molecular formula is C15H24N5O13P3. The molecule has 0 amide bonds. The minimum Gasteiger partial charge on any atom is -0.352 e. The molecule has 0 bridgehead atoms. The number of nitrogens with zero attached hydrogens (tertiary/aromatic N) is 5. The second-order valence-electron chi connectivity index (χ2n) is 7.72. The number of rotatable bonds is 11. The van der Waals surface area contributed by atoms with Gasteiger partial charge in [0.05, 0.1) is 18.8 Å². The summed E-state index contributed by atoms with van der Waals surface area (Å²) in [6.07, 6.45) is 0.415. The van der Waals surface area contributed by atoms with Gasteiger partial charge in [-0.2, -0.15) is 8.62 Å². The van der Waals surface area contributed by atoms with Crippen LogP contribution in [-0.4, -0.2) is 47.5 Å². The number of phosphoric acid groups is 3. The lowest BCUT2D eigenvalue weighted by Crippen LogP contribution is -2.42. The van der Waals surface area contributed by atoms with Crippen molar-refractivity contribution in [1.29, 1.82) is 0 Å². The van der Waals surface area contributed by atoms with Crippen molar-refractivity contribution >= 4 is 23.5 Å². The highest BCUT2D eigenvalue weighted by Gasteiger charge is 2.43. The SMILES string of the molecule is CC(C)=CCn1c(=O)c(C)cn([C@H]2C[C@H](N=[N+]=[N-])[C@@H](COP(=O)(O)OP(=O)(O)OP(=O)(O)O)O2)c1=O. The normalized spacial score (nSPS) is 23.4. The van der Waals surface area contributed by atoms with Gasteiger partial charge in [0.15, 0.2) is 0 Å². The first-order chi connectivity index (χ1) is 16.4. The Morgan fingerprint density at radius 1 is 1.22 bits per heavy atom. The zero-order valence-corrected chi connectivity index (χ0v) is 21.7. The van der Waals surface area contributed by atoms with Crippen LogP contribution in [0, 0.1) is 6.92 Å². The minimum absolute atomic E-state index is 0.0103. The summed E-state index contributed by atoms with van der Waals surface area (Å²) in [5.74, 6) is 0. The van der Waals surface area contributed by atoms with Crippen LogP contribution in [0.2, 0.25) is 0 Å². The summed E-state index contributed by atoms with van der Waals surface area (Å²) in [4.78, 5) is 64.0. The average molecular weight is 575 g/mol. The molecular weight excluding hydrogens is 551 g/mol. The van der Waals surface area contributed by atoms with E-state index in [2.05, 4.69) is 23.2 Å². The van der Waals surface area contributed by atoms with Crippen LogP contribution < -0.4 is 11.2 Å². The van der Waals surface area contributed by atoms with Crippen molar-refractivity contribution in [2.24, 2.45) is 5.11 Å². The maximum atomic E-state index is 12.9. The molecule has 1 aromatic rings. The Morgan fingerprint density at radius 2 is 1.86 bits per heavy atom. The number of azide groups is 1. The second kappa shape index (κ2) is 11.7. The van der Waals surface area contributed by atoms with E-state index in [1.165, 1.54) is 13.1 Å². The molecule has 36 heavy (non-hydrogen) atoms. The quantitative estimate of drug-likeness (QED) is 0.0961. The molecule has 2 unspecified atom stereocenters. The zero-order chi connectivity index (χ0) is 27.5. The van der Waals surface area contributed by atoms with E-state index < -0.39 is 59.7 Å². The molecule has 5 atom stereocenters. The lowest BCUT2D eigenvalue weighted by molar-refractivity contribution is -0.0273. The first kappa shape index (κ1) is 30.3. The minimum atomic E-state index is -5.73. The third-order valence-corrected chi connectivity index (χ3v) is 8.38. The number of phosphoric ester groups is 1.